The number of hydrogen-bond acceptors (Lipinski definition) is 2. The number of likely N-dealkylation sites (tertiary alicyclic amines) is 1. The van der Waals surface area contributed by atoms with Crippen molar-refractivity contribution in [3.05, 3.63) is 0 Å². The van der Waals surface area contributed by atoms with Crippen molar-refractivity contribution in [2.75, 3.05) is 19.6 Å². The van der Waals surface area contributed by atoms with Gasteiger partial charge in [0.15, 0.2) is 0 Å². The molecule has 1 N–H and O–H groups in total. The molecule has 3 nitrogen and oxygen atoms in total. The van der Waals surface area contributed by atoms with Gasteiger partial charge >= 0.3 is 0 Å². The first kappa shape index (κ1) is 15.8. The van der Waals surface area contributed by atoms with Crippen LogP contribution in [0.25, 0.3) is 0 Å². The van der Waals surface area contributed by atoms with Gasteiger partial charge in [-0.1, -0.05) is 26.7 Å². The molecule has 0 aromatic rings. The Labute approximate surface area is 124 Å². The highest BCUT2D eigenvalue weighted by Gasteiger charge is 2.37. The summed E-state index contributed by atoms with van der Waals surface area (Å²) in [6.07, 6.45) is 9.39. The van der Waals surface area contributed by atoms with Gasteiger partial charge in [-0.25, -0.2) is 0 Å². The van der Waals surface area contributed by atoms with E-state index in [9.17, 15) is 4.79 Å². The van der Waals surface area contributed by atoms with Crippen molar-refractivity contribution in [1.82, 2.24) is 10.2 Å². The van der Waals surface area contributed by atoms with Crippen molar-refractivity contribution >= 4 is 5.91 Å². The van der Waals surface area contributed by atoms with Gasteiger partial charge in [-0.2, -0.15) is 0 Å². The Morgan fingerprint density at radius 2 is 1.95 bits per heavy atom. The third-order valence-corrected chi connectivity index (χ3v) is 5.08. The lowest BCUT2D eigenvalue weighted by atomic mass is 9.89. The molecule has 0 saturated carbocycles. The molecule has 2 unspecified atom stereocenters. The summed E-state index contributed by atoms with van der Waals surface area (Å²) in [6.45, 7) is 7.67. The molecule has 2 rings (SSSR count). The Morgan fingerprint density at radius 1 is 1.20 bits per heavy atom. The second-order valence-electron chi connectivity index (χ2n) is 6.62. The number of hydrogen-bond donors (Lipinski definition) is 1. The highest BCUT2D eigenvalue weighted by Crippen LogP contribution is 2.30. The van der Waals surface area contributed by atoms with Crippen molar-refractivity contribution in [1.29, 1.82) is 0 Å². The molecule has 2 saturated heterocycles. The molecule has 0 bridgehead atoms. The SMILES string of the molecule is CCCC(CCC)C(=O)N1CCCC1C1CCCNC1. The lowest BCUT2D eigenvalue weighted by Gasteiger charge is -2.36. The maximum atomic E-state index is 12.9. The zero-order valence-corrected chi connectivity index (χ0v) is 13.4. The molecule has 0 radical (unpaired) electrons. The normalized spacial score (nSPS) is 27.2. The van der Waals surface area contributed by atoms with Gasteiger partial charge in [0, 0.05) is 18.5 Å². The van der Waals surface area contributed by atoms with Gasteiger partial charge in [0.1, 0.15) is 0 Å². The molecule has 0 spiro atoms. The molecular weight excluding hydrogens is 248 g/mol. The first-order valence-electron chi connectivity index (χ1n) is 8.79. The van der Waals surface area contributed by atoms with Crippen molar-refractivity contribution in [2.45, 2.75) is 71.3 Å². The molecule has 0 aromatic heterocycles. The second kappa shape index (κ2) is 8.02. The van der Waals surface area contributed by atoms with Crippen LogP contribution in [0.15, 0.2) is 0 Å². The molecule has 2 aliphatic heterocycles. The van der Waals surface area contributed by atoms with Crippen LogP contribution in [0.2, 0.25) is 0 Å². The number of piperidine rings is 1. The summed E-state index contributed by atoms with van der Waals surface area (Å²) in [5.74, 6) is 1.43. The Hall–Kier alpha value is -0.570. The maximum Gasteiger partial charge on any atom is 0.225 e. The van der Waals surface area contributed by atoms with Crippen LogP contribution >= 0.6 is 0 Å². The van der Waals surface area contributed by atoms with E-state index in [2.05, 4.69) is 24.1 Å². The molecule has 0 aromatic carbocycles. The Bertz CT molecular complexity index is 293. The zero-order chi connectivity index (χ0) is 14.4. The quantitative estimate of drug-likeness (QED) is 0.810. The minimum absolute atomic E-state index is 0.280. The number of rotatable bonds is 6. The van der Waals surface area contributed by atoms with Crippen molar-refractivity contribution in [2.24, 2.45) is 11.8 Å². The fourth-order valence-electron chi connectivity index (χ4n) is 4.09. The molecule has 116 valence electrons. The first-order valence-corrected chi connectivity index (χ1v) is 8.79. The van der Waals surface area contributed by atoms with Gasteiger partial charge < -0.3 is 10.2 Å². The summed E-state index contributed by atoms with van der Waals surface area (Å²) in [6, 6.07) is 0.520. The minimum Gasteiger partial charge on any atom is -0.339 e. The number of carbonyl (C=O) groups is 1. The lowest BCUT2D eigenvalue weighted by molar-refractivity contribution is -0.138. The Morgan fingerprint density at radius 3 is 2.55 bits per heavy atom. The molecule has 0 aliphatic carbocycles. The molecule has 2 atom stereocenters. The second-order valence-corrected chi connectivity index (χ2v) is 6.62. The van der Waals surface area contributed by atoms with Crippen molar-refractivity contribution < 1.29 is 4.79 Å². The van der Waals surface area contributed by atoms with E-state index < -0.39 is 0 Å². The van der Waals surface area contributed by atoms with E-state index in [1.54, 1.807) is 0 Å². The third-order valence-electron chi connectivity index (χ3n) is 5.08. The first-order chi connectivity index (χ1) is 9.77. The largest absolute Gasteiger partial charge is 0.339 e. The smallest absolute Gasteiger partial charge is 0.225 e. The van der Waals surface area contributed by atoms with Crippen LogP contribution < -0.4 is 5.32 Å². The molecule has 20 heavy (non-hydrogen) atoms. The number of amides is 1. The van der Waals surface area contributed by atoms with Crippen LogP contribution in [0.5, 0.6) is 0 Å². The zero-order valence-electron chi connectivity index (χ0n) is 13.4. The van der Waals surface area contributed by atoms with Crippen LogP contribution in [-0.2, 0) is 4.79 Å². The fourth-order valence-corrected chi connectivity index (χ4v) is 4.09. The van der Waals surface area contributed by atoms with Gasteiger partial charge in [0.25, 0.3) is 0 Å². The van der Waals surface area contributed by atoms with Crippen LogP contribution in [0.4, 0.5) is 0 Å². The van der Waals surface area contributed by atoms with Crippen LogP contribution in [0, 0.1) is 11.8 Å². The molecule has 2 heterocycles. The topological polar surface area (TPSA) is 32.3 Å². The van der Waals surface area contributed by atoms with E-state index >= 15 is 0 Å². The standard InChI is InChI=1S/C17H32N2O/c1-3-7-14(8-4-2)17(20)19-12-6-10-16(19)15-9-5-11-18-13-15/h14-16,18H,3-13H2,1-2H3. The molecular formula is C17H32N2O. The Balaban J connectivity index is 1.98. The Kier molecular flexibility index (Phi) is 6.34. The average molecular weight is 280 g/mol. The maximum absolute atomic E-state index is 12.9. The van der Waals surface area contributed by atoms with Gasteiger partial charge in [-0.15, -0.1) is 0 Å². The number of nitrogens with one attached hydrogen (secondary N) is 1. The summed E-state index contributed by atoms with van der Waals surface area (Å²) in [5.41, 5.74) is 0. The van der Waals surface area contributed by atoms with E-state index in [0.29, 0.717) is 17.9 Å². The predicted octanol–water partition coefficient (Wildman–Crippen LogP) is 3.19. The van der Waals surface area contributed by atoms with Gasteiger partial charge in [0.2, 0.25) is 5.91 Å². The summed E-state index contributed by atoms with van der Waals surface area (Å²) in [5, 5.41) is 3.51. The summed E-state index contributed by atoms with van der Waals surface area (Å²) in [4.78, 5) is 15.1. The monoisotopic (exact) mass is 280 g/mol. The third kappa shape index (κ3) is 3.75. The number of carbonyl (C=O) groups excluding carboxylic acids is 1. The van der Waals surface area contributed by atoms with E-state index in [1.807, 2.05) is 0 Å². The van der Waals surface area contributed by atoms with Gasteiger partial charge in [-0.3, -0.25) is 4.79 Å². The van der Waals surface area contributed by atoms with Crippen molar-refractivity contribution in [3.63, 3.8) is 0 Å². The number of nitrogens with zero attached hydrogens (tertiary/aromatic N) is 1. The van der Waals surface area contributed by atoms with Crippen LogP contribution in [-0.4, -0.2) is 36.5 Å². The highest BCUT2D eigenvalue weighted by atomic mass is 16.2. The van der Waals surface area contributed by atoms with E-state index in [4.69, 9.17) is 0 Å². The molecule has 2 fully saturated rings. The summed E-state index contributed by atoms with van der Waals surface area (Å²) in [7, 11) is 0. The van der Waals surface area contributed by atoms with E-state index in [0.717, 1.165) is 45.3 Å². The average Bonchev–Trinajstić information content (AvgIpc) is 2.96. The van der Waals surface area contributed by atoms with Crippen LogP contribution in [0.1, 0.15) is 65.2 Å². The lowest BCUT2D eigenvalue weighted by Crippen LogP contribution is -2.47. The molecule has 1 amide bonds. The molecule has 3 heteroatoms. The fraction of sp³-hybridized carbons (Fsp3) is 0.941. The van der Waals surface area contributed by atoms with Crippen molar-refractivity contribution in [3.8, 4) is 0 Å². The minimum atomic E-state index is 0.280. The highest BCUT2D eigenvalue weighted by molar-refractivity contribution is 5.79. The summed E-state index contributed by atoms with van der Waals surface area (Å²) >= 11 is 0. The summed E-state index contributed by atoms with van der Waals surface area (Å²) < 4.78 is 0. The van der Waals surface area contributed by atoms with E-state index in [1.165, 1.54) is 25.7 Å². The molecule has 2 aliphatic rings. The van der Waals surface area contributed by atoms with Gasteiger partial charge in [0.05, 0.1) is 0 Å². The van der Waals surface area contributed by atoms with Gasteiger partial charge in [-0.05, 0) is 57.5 Å². The predicted molar refractivity (Wildman–Crippen MR) is 83.6 cm³/mol. The van der Waals surface area contributed by atoms with Crippen LogP contribution in [0.3, 0.4) is 0 Å². The van der Waals surface area contributed by atoms with E-state index in [-0.39, 0.29) is 5.92 Å².